The van der Waals surface area contributed by atoms with Gasteiger partial charge in [0.2, 0.25) is 10.0 Å². The summed E-state index contributed by atoms with van der Waals surface area (Å²) >= 11 is 12.0. The molecule has 1 N–H and O–H groups in total. The number of benzene rings is 1. The van der Waals surface area contributed by atoms with Crippen molar-refractivity contribution in [2.75, 3.05) is 26.2 Å². The molecule has 1 aliphatic rings. The third-order valence-electron chi connectivity index (χ3n) is 5.36. The van der Waals surface area contributed by atoms with Gasteiger partial charge >= 0.3 is 0 Å². The molecule has 0 spiro atoms. The van der Waals surface area contributed by atoms with Crippen LogP contribution in [0.4, 0.5) is 0 Å². The first-order valence-corrected chi connectivity index (χ1v) is 11.7. The number of hydrogen-bond acceptors (Lipinski definition) is 5. The van der Waals surface area contributed by atoms with Crippen LogP contribution in [0.1, 0.15) is 16.2 Å². The third kappa shape index (κ3) is 4.08. The lowest BCUT2D eigenvalue weighted by Gasteiger charge is -2.33. The fourth-order valence-electron chi connectivity index (χ4n) is 3.41. The highest BCUT2D eigenvalue weighted by Crippen LogP contribution is 2.28. The molecular weight excluding hydrogens is 463 g/mol. The summed E-state index contributed by atoms with van der Waals surface area (Å²) in [7, 11) is -1.96. The molecule has 1 fully saturated rings. The minimum Gasteiger partial charge on any atom is -0.335 e. The van der Waals surface area contributed by atoms with Gasteiger partial charge in [-0.25, -0.2) is 8.42 Å². The molecule has 2 aromatic heterocycles. The lowest BCUT2D eigenvalue weighted by atomic mass is 10.1. The van der Waals surface area contributed by atoms with Gasteiger partial charge in [-0.2, -0.15) is 14.5 Å². The van der Waals surface area contributed by atoms with E-state index in [1.54, 1.807) is 43.1 Å². The number of amides is 1. The first kappa shape index (κ1) is 21.8. The van der Waals surface area contributed by atoms with Gasteiger partial charge in [-0.1, -0.05) is 29.3 Å². The number of H-pyrrole nitrogens is 1. The van der Waals surface area contributed by atoms with Gasteiger partial charge in [0.15, 0.2) is 0 Å². The number of carbonyl (C=O) groups is 1. The van der Waals surface area contributed by atoms with Gasteiger partial charge in [-0.15, -0.1) is 0 Å². The molecule has 0 atom stereocenters. The predicted octanol–water partition coefficient (Wildman–Crippen LogP) is 2.57. The Kier molecular flexibility index (Phi) is 5.82. The van der Waals surface area contributed by atoms with Gasteiger partial charge in [-0.3, -0.25) is 14.6 Å². The van der Waals surface area contributed by atoms with Crippen molar-refractivity contribution < 1.29 is 13.2 Å². The number of aromatic nitrogens is 4. The Balaban J connectivity index is 1.45. The van der Waals surface area contributed by atoms with Crippen molar-refractivity contribution in [2.45, 2.75) is 11.8 Å². The first-order chi connectivity index (χ1) is 14.7. The van der Waals surface area contributed by atoms with Gasteiger partial charge in [0.25, 0.3) is 5.91 Å². The van der Waals surface area contributed by atoms with E-state index in [2.05, 4.69) is 15.3 Å². The summed E-state index contributed by atoms with van der Waals surface area (Å²) in [4.78, 5) is 14.7. The molecule has 1 aliphatic heterocycles. The van der Waals surface area contributed by atoms with Gasteiger partial charge in [-0.05, 0) is 25.1 Å². The maximum Gasteiger partial charge on any atom is 0.271 e. The quantitative estimate of drug-likeness (QED) is 0.615. The van der Waals surface area contributed by atoms with Crippen LogP contribution in [-0.2, 0) is 17.1 Å². The highest BCUT2D eigenvalue weighted by molar-refractivity contribution is 7.89. The number of halogens is 2. The molecule has 164 valence electrons. The Labute approximate surface area is 189 Å². The maximum atomic E-state index is 12.9. The van der Waals surface area contributed by atoms with E-state index in [1.807, 2.05) is 0 Å². The highest BCUT2D eigenvalue weighted by atomic mass is 35.5. The van der Waals surface area contributed by atoms with Crippen molar-refractivity contribution in [2.24, 2.45) is 7.05 Å². The molecule has 0 radical (unpaired) electrons. The maximum absolute atomic E-state index is 12.9. The van der Waals surface area contributed by atoms with Crippen molar-refractivity contribution in [3.63, 3.8) is 0 Å². The van der Waals surface area contributed by atoms with Crippen LogP contribution in [0.3, 0.4) is 0 Å². The molecule has 3 aromatic rings. The Bertz CT molecular complexity index is 1250. The number of nitrogens with zero attached hydrogens (tertiary/aromatic N) is 5. The summed E-state index contributed by atoms with van der Waals surface area (Å²) in [5, 5.41) is 11.8. The summed E-state index contributed by atoms with van der Waals surface area (Å²) in [5.74, 6) is -0.242. The molecule has 9 nitrogen and oxygen atoms in total. The zero-order valence-corrected chi connectivity index (χ0v) is 19.2. The molecule has 3 heterocycles. The van der Waals surface area contributed by atoms with E-state index in [1.165, 1.54) is 15.2 Å². The molecular formula is C19H20Cl2N6O3S. The number of piperazine rings is 1. The van der Waals surface area contributed by atoms with Crippen LogP contribution < -0.4 is 0 Å². The van der Waals surface area contributed by atoms with Crippen molar-refractivity contribution in [3.05, 3.63) is 51.9 Å². The van der Waals surface area contributed by atoms with Crippen LogP contribution in [0.2, 0.25) is 10.0 Å². The summed E-state index contributed by atoms with van der Waals surface area (Å²) in [5.41, 5.74) is 2.19. The van der Waals surface area contributed by atoms with E-state index in [0.29, 0.717) is 27.1 Å². The number of aryl methyl sites for hydroxylation is 1. The molecule has 4 rings (SSSR count). The monoisotopic (exact) mass is 482 g/mol. The first-order valence-electron chi connectivity index (χ1n) is 9.47. The highest BCUT2D eigenvalue weighted by Gasteiger charge is 2.33. The third-order valence-corrected chi connectivity index (χ3v) is 8.10. The molecule has 1 aromatic carbocycles. The molecule has 0 bridgehead atoms. The van der Waals surface area contributed by atoms with E-state index in [9.17, 15) is 13.2 Å². The van der Waals surface area contributed by atoms with Crippen LogP contribution in [-0.4, -0.2) is 69.7 Å². The molecule has 1 saturated heterocycles. The van der Waals surface area contributed by atoms with Crippen molar-refractivity contribution in [1.82, 2.24) is 29.2 Å². The average Bonchev–Trinajstić information content (AvgIpc) is 3.37. The van der Waals surface area contributed by atoms with Crippen LogP contribution in [0.15, 0.2) is 35.4 Å². The fourth-order valence-corrected chi connectivity index (χ4v) is 5.31. The normalized spacial score (nSPS) is 15.4. The predicted molar refractivity (Wildman–Crippen MR) is 117 cm³/mol. The number of carbonyl (C=O) groups excluding carboxylic acids is 1. The van der Waals surface area contributed by atoms with Crippen LogP contribution in [0.25, 0.3) is 11.3 Å². The van der Waals surface area contributed by atoms with Crippen molar-refractivity contribution >= 4 is 39.1 Å². The van der Waals surface area contributed by atoms with Gasteiger partial charge < -0.3 is 4.90 Å². The minimum absolute atomic E-state index is 0.189. The molecule has 0 unspecified atom stereocenters. The minimum atomic E-state index is -3.66. The van der Waals surface area contributed by atoms with Crippen LogP contribution in [0.5, 0.6) is 0 Å². The zero-order valence-electron chi connectivity index (χ0n) is 16.8. The van der Waals surface area contributed by atoms with E-state index in [-0.39, 0.29) is 37.0 Å². The fraction of sp³-hybridized carbons (Fsp3) is 0.316. The average molecular weight is 483 g/mol. The molecule has 0 saturated carbocycles. The Morgan fingerprint density at radius 1 is 1.10 bits per heavy atom. The molecule has 12 heteroatoms. The second-order valence-corrected chi connectivity index (χ2v) is 9.93. The lowest BCUT2D eigenvalue weighted by molar-refractivity contribution is 0.0692. The summed E-state index contributed by atoms with van der Waals surface area (Å²) in [6.45, 7) is 2.67. The zero-order chi connectivity index (χ0) is 22.3. The van der Waals surface area contributed by atoms with Gasteiger partial charge in [0.1, 0.15) is 10.6 Å². The Hall–Kier alpha value is -2.40. The summed E-state index contributed by atoms with van der Waals surface area (Å²) in [6.07, 6.45) is 1.36. The summed E-state index contributed by atoms with van der Waals surface area (Å²) in [6, 6.07) is 6.75. The van der Waals surface area contributed by atoms with Gasteiger partial charge in [0, 0.05) is 38.8 Å². The number of aromatic amines is 1. The number of rotatable bonds is 4. The molecule has 1 amide bonds. The van der Waals surface area contributed by atoms with E-state index in [4.69, 9.17) is 23.2 Å². The number of nitrogens with one attached hydrogen (secondary N) is 1. The van der Waals surface area contributed by atoms with E-state index < -0.39 is 10.0 Å². The second-order valence-electron chi connectivity index (χ2n) is 7.21. The van der Waals surface area contributed by atoms with Crippen molar-refractivity contribution in [3.8, 4) is 11.3 Å². The topological polar surface area (TPSA) is 104 Å². The largest absolute Gasteiger partial charge is 0.335 e. The standard InChI is InChI=1S/C19H20Cl2N6O3S/c1-12-18(11-22-25(12)2)31(29,30)27-7-5-26(6-8-27)19(28)17-10-16(23-24-17)13-3-4-14(20)15(21)9-13/h3-4,9-11H,5-8H2,1-2H3,(H,23,24). The summed E-state index contributed by atoms with van der Waals surface area (Å²) < 4.78 is 28.7. The Morgan fingerprint density at radius 3 is 2.42 bits per heavy atom. The van der Waals surface area contributed by atoms with Crippen molar-refractivity contribution in [1.29, 1.82) is 0 Å². The molecule has 31 heavy (non-hydrogen) atoms. The second kappa shape index (κ2) is 8.27. The lowest BCUT2D eigenvalue weighted by Crippen LogP contribution is -2.50. The van der Waals surface area contributed by atoms with E-state index >= 15 is 0 Å². The van der Waals surface area contributed by atoms with Crippen LogP contribution >= 0.6 is 23.2 Å². The molecule has 0 aliphatic carbocycles. The van der Waals surface area contributed by atoms with Gasteiger partial charge in [0.05, 0.1) is 27.6 Å². The Morgan fingerprint density at radius 2 is 1.81 bits per heavy atom. The van der Waals surface area contributed by atoms with Crippen LogP contribution in [0, 0.1) is 6.92 Å². The number of hydrogen-bond donors (Lipinski definition) is 1. The smallest absolute Gasteiger partial charge is 0.271 e. The van der Waals surface area contributed by atoms with E-state index in [0.717, 1.165) is 5.56 Å². The SMILES string of the molecule is Cc1c(S(=O)(=O)N2CCN(C(=O)c3cc(-c4ccc(Cl)c(Cl)c4)n[nH]3)CC2)cnn1C. The number of sulfonamides is 1.